The molecule has 0 spiro atoms. The van der Waals surface area contributed by atoms with Gasteiger partial charge >= 0.3 is 0 Å². The summed E-state index contributed by atoms with van der Waals surface area (Å²) in [6, 6.07) is 6.60. The summed E-state index contributed by atoms with van der Waals surface area (Å²) in [5, 5.41) is 3.22. The van der Waals surface area contributed by atoms with Crippen molar-refractivity contribution in [3.05, 3.63) is 23.8 Å². The first-order valence-corrected chi connectivity index (χ1v) is 7.15. The van der Waals surface area contributed by atoms with Gasteiger partial charge < -0.3 is 15.1 Å². The number of amides is 1. The summed E-state index contributed by atoms with van der Waals surface area (Å²) in [5.74, 6) is 0.196. The molecule has 1 N–H and O–H groups in total. The molecule has 19 heavy (non-hydrogen) atoms. The van der Waals surface area contributed by atoms with E-state index in [0.29, 0.717) is 6.54 Å². The summed E-state index contributed by atoms with van der Waals surface area (Å²) in [4.78, 5) is 16.7. The maximum atomic E-state index is 12.2. The van der Waals surface area contributed by atoms with E-state index in [1.54, 1.807) is 0 Å². The highest BCUT2D eigenvalue weighted by atomic mass is 16.2. The lowest BCUT2D eigenvalue weighted by atomic mass is 9.99. The Kier molecular flexibility index (Phi) is 3.19. The summed E-state index contributed by atoms with van der Waals surface area (Å²) in [7, 11) is 0. The molecule has 2 heterocycles. The van der Waals surface area contributed by atoms with Gasteiger partial charge in [0.2, 0.25) is 5.91 Å². The molecule has 1 amide bonds. The number of anilines is 2. The van der Waals surface area contributed by atoms with Gasteiger partial charge in [-0.25, -0.2) is 0 Å². The van der Waals surface area contributed by atoms with Crippen LogP contribution in [-0.4, -0.2) is 38.1 Å². The number of carbonyl (C=O) groups excluding carboxylic acids is 1. The first-order chi connectivity index (χ1) is 9.26. The fourth-order valence-corrected chi connectivity index (χ4v) is 3.26. The van der Waals surface area contributed by atoms with Gasteiger partial charge in [0, 0.05) is 19.6 Å². The molecule has 4 nitrogen and oxygen atoms in total. The summed E-state index contributed by atoms with van der Waals surface area (Å²) in [6.45, 7) is 7.62. The van der Waals surface area contributed by atoms with E-state index in [2.05, 4.69) is 42.3 Å². The standard InChI is InChI=1S/C15H21N3O/c1-3-11-6-5-7-13-15(11)17(4-2)10-12-8-16-9-14(19)18(12)13/h5-7,12,16H,3-4,8-10H2,1-2H3. The minimum absolute atomic E-state index is 0.196. The van der Waals surface area contributed by atoms with Crippen LogP contribution in [0.15, 0.2) is 18.2 Å². The van der Waals surface area contributed by atoms with Gasteiger partial charge in [-0.3, -0.25) is 4.79 Å². The van der Waals surface area contributed by atoms with Crippen LogP contribution in [0.4, 0.5) is 11.4 Å². The van der Waals surface area contributed by atoms with Crippen LogP contribution in [0.5, 0.6) is 0 Å². The average Bonchev–Trinajstić information content (AvgIpc) is 2.45. The minimum atomic E-state index is 0.196. The van der Waals surface area contributed by atoms with Crippen LogP contribution in [0.2, 0.25) is 0 Å². The normalized spacial score (nSPS) is 22.2. The number of fused-ring (bicyclic) bond motifs is 3. The molecule has 2 aliphatic heterocycles. The summed E-state index contributed by atoms with van der Waals surface area (Å²) in [6.07, 6.45) is 1.00. The molecule has 0 bridgehead atoms. The van der Waals surface area contributed by atoms with Gasteiger partial charge in [-0.2, -0.15) is 0 Å². The smallest absolute Gasteiger partial charge is 0.241 e. The zero-order chi connectivity index (χ0) is 13.4. The highest BCUT2D eigenvalue weighted by Crippen LogP contribution is 2.39. The molecule has 2 aliphatic rings. The molecule has 102 valence electrons. The van der Waals surface area contributed by atoms with E-state index in [9.17, 15) is 4.79 Å². The second kappa shape index (κ2) is 4.85. The molecular formula is C15H21N3O. The van der Waals surface area contributed by atoms with Crippen LogP contribution >= 0.6 is 0 Å². The van der Waals surface area contributed by atoms with E-state index in [1.165, 1.54) is 11.3 Å². The Labute approximate surface area is 114 Å². The molecule has 1 atom stereocenters. The molecule has 1 unspecified atom stereocenters. The lowest BCUT2D eigenvalue weighted by Crippen LogP contribution is -2.61. The topological polar surface area (TPSA) is 35.6 Å². The third kappa shape index (κ3) is 1.91. The molecule has 0 aliphatic carbocycles. The highest BCUT2D eigenvalue weighted by Gasteiger charge is 2.37. The summed E-state index contributed by atoms with van der Waals surface area (Å²) < 4.78 is 0. The van der Waals surface area contributed by atoms with Gasteiger partial charge in [0.25, 0.3) is 0 Å². The number of carbonyl (C=O) groups is 1. The predicted octanol–water partition coefficient (Wildman–Crippen LogP) is 1.39. The van der Waals surface area contributed by atoms with Gasteiger partial charge in [-0.15, -0.1) is 0 Å². The number of benzene rings is 1. The molecule has 0 radical (unpaired) electrons. The molecule has 0 saturated carbocycles. The van der Waals surface area contributed by atoms with E-state index in [0.717, 1.165) is 31.7 Å². The molecule has 3 rings (SSSR count). The molecule has 1 fully saturated rings. The van der Waals surface area contributed by atoms with E-state index in [1.807, 2.05) is 4.90 Å². The largest absolute Gasteiger partial charge is 0.368 e. The number of nitrogens with zero attached hydrogens (tertiary/aromatic N) is 2. The number of hydrogen-bond donors (Lipinski definition) is 1. The third-order valence-electron chi connectivity index (χ3n) is 4.16. The zero-order valence-electron chi connectivity index (χ0n) is 11.6. The van der Waals surface area contributed by atoms with Crippen molar-refractivity contribution in [3.8, 4) is 0 Å². The van der Waals surface area contributed by atoms with Crippen molar-refractivity contribution >= 4 is 17.3 Å². The number of hydrogen-bond acceptors (Lipinski definition) is 3. The average molecular weight is 259 g/mol. The van der Waals surface area contributed by atoms with Crippen molar-refractivity contribution < 1.29 is 4.79 Å². The van der Waals surface area contributed by atoms with Gasteiger partial charge in [0.15, 0.2) is 0 Å². The maximum absolute atomic E-state index is 12.2. The fourth-order valence-electron chi connectivity index (χ4n) is 3.26. The fraction of sp³-hybridized carbons (Fsp3) is 0.533. The quantitative estimate of drug-likeness (QED) is 0.872. The summed E-state index contributed by atoms with van der Waals surface area (Å²) >= 11 is 0. The first kappa shape index (κ1) is 12.5. The Hall–Kier alpha value is -1.55. The van der Waals surface area contributed by atoms with Crippen molar-refractivity contribution in [2.24, 2.45) is 0 Å². The van der Waals surface area contributed by atoms with Crippen LogP contribution in [0, 0.1) is 0 Å². The predicted molar refractivity (Wildman–Crippen MR) is 77.9 cm³/mol. The number of likely N-dealkylation sites (N-methyl/N-ethyl adjacent to an activating group) is 1. The molecule has 1 saturated heterocycles. The van der Waals surface area contributed by atoms with Crippen LogP contribution in [0.25, 0.3) is 0 Å². The highest BCUT2D eigenvalue weighted by molar-refractivity contribution is 6.01. The molecule has 1 aromatic rings. The number of para-hydroxylation sites is 1. The van der Waals surface area contributed by atoms with Crippen molar-refractivity contribution in [1.82, 2.24) is 5.32 Å². The Morgan fingerprint density at radius 3 is 2.95 bits per heavy atom. The summed E-state index contributed by atoms with van der Waals surface area (Å²) in [5.41, 5.74) is 3.70. The Balaban J connectivity index is 2.13. The van der Waals surface area contributed by atoms with Crippen LogP contribution < -0.4 is 15.1 Å². The maximum Gasteiger partial charge on any atom is 0.241 e. The second-order valence-corrected chi connectivity index (χ2v) is 5.23. The van der Waals surface area contributed by atoms with Gasteiger partial charge in [-0.1, -0.05) is 19.1 Å². The van der Waals surface area contributed by atoms with E-state index < -0.39 is 0 Å². The van der Waals surface area contributed by atoms with E-state index >= 15 is 0 Å². The lowest BCUT2D eigenvalue weighted by Gasteiger charge is -2.46. The first-order valence-electron chi connectivity index (χ1n) is 7.15. The Bertz CT molecular complexity index is 500. The number of rotatable bonds is 2. The van der Waals surface area contributed by atoms with Crippen LogP contribution in [0.3, 0.4) is 0 Å². The third-order valence-corrected chi connectivity index (χ3v) is 4.16. The van der Waals surface area contributed by atoms with Crippen LogP contribution in [-0.2, 0) is 11.2 Å². The molecular weight excluding hydrogens is 238 g/mol. The minimum Gasteiger partial charge on any atom is -0.368 e. The van der Waals surface area contributed by atoms with Gasteiger partial charge in [0.1, 0.15) is 0 Å². The molecule has 1 aromatic carbocycles. The molecule has 4 heteroatoms. The van der Waals surface area contributed by atoms with Crippen molar-refractivity contribution in [3.63, 3.8) is 0 Å². The SMILES string of the molecule is CCc1cccc2c1N(CC)CC1CNCC(=O)N21. The second-order valence-electron chi connectivity index (χ2n) is 5.23. The van der Waals surface area contributed by atoms with Gasteiger partial charge in [-0.05, 0) is 25.0 Å². The van der Waals surface area contributed by atoms with Gasteiger partial charge in [0.05, 0.1) is 24.0 Å². The van der Waals surface area contributed by atoms with Crippen molar-refractivity contribution in [1.29, 1.82) is 0 Å². The number of aryl methyl sites for hydroxylation is 1. The number of nitrogens with one attached hydrogen (secondary N) is 1. The Morgan fingerprint density at radius 2 is 2.21 bits per heavy atom. The lowest BCUT2D eigenvalue weighted by molar-refractivity contribution is -0.119. The van der Waals surface area contributed by atoms with Crippen molar-refractivity contribution in [2.75, 3.05) is 36.0 Å². The van der Waals surface area contributed by atoms with Crippen molar-refractivity contribution in [2.45, 2.75) is 26.3 Å². The number of piperazine rings is 1. The molecule has 0 aromatic heterocycles. The van der Waals surface area contributed by atoms with E-state index in [4.69, 9.17) is 0 Å². The van der Waals surface area contributed by atoms with Crippen LogP contribution in [0.1, 0.15) is 19.4 Å². The zero-order valence-corrected chi connectivity index (χ0v) is 11.6. The Morgan fingerprint density at radius 1 is 1.37 bits per heavy atom. The monoisotopic (exact) mass is 259 g/mol. The van der Waals surface area contributed by atoms with E-state index in [-0.39, 0.29) is 11.9 Å².